The third-order valence-corrected chi connectivity index (χ3v) is 2.13. The van der Waals surface area contributed by atoms with E-state index < -0.39 is 0 Å². The second-order valence-electron chi connectivity index (χ2n) is 2.95. The van der Waals surface area contributed by atoms with Crippen LogP contribution in [-0.2, 0) is 9.53 Å². The number of hydrogen-bond acceptors (Lipinski definition) is 2. The highest BCUT2D eigenvalue weighted by atomic mass is 16.5. The Bertz CT molecular complexity index is 239. The van der Waals surface area contributed by atoms with Crippen molar-refractivity contribution in [3.8, 4) is 0 Å². The van der Waals surface area contributed by atoms with Gasteiger partial charge in [-0.3, -0.25) is 4.79 Å². The van der Waals surface area contributed by atoms with E-state index in [1.807, 2.05) is 24.3 Å². The van der Waals surface area contributed by atoms with Gasteiger partial charge in [0.05, 0.1) is 13.0 Å². The summed E-state index contributed by atoms with van der Waals surface area (Å²) in [6.07, 6.45) is 10.7. The zero-order chi connectivity index (χ0) is 9.68. The molecule has 13 heavy (non-hydrogen) atoms. The lowest BCUT2D eigenvalue weighted by atomic mass is 9.89. The minimum atomic E-state index is -0.252. The van der Waals surface area contributed by atoms with Crippen LogP contribution in [0.4, 0.5) is 0 Å². The predicted molar refractivity (Wildman–Crippen MR) is 52.1 cm³/mol. The van der Waals surface area contributed by atoms with Crippen molar-refractivity contribution in [2.75, 3.05) is 7.11 Å². The van der Waals surface area contributed by atoms with Crippen molar-refractivity contribution in [3.05, 3.63) is 37.0 Å². The molecule has 2 nitrogen and oxygen atoms in total. The van der Waals surface area contributed by atoms with E-state index in [1.165, 1.54) is 7.11 Å². The van der Waals surface area contributed by atoms with Gasteiger partial charge >= 0.3 is 5.97 Å². The molecule has 0 unspecified atom stereocenters. The van der Waals surface area contributed by atoms with Crippen LogP contribution < -0.4 is 0 Å². The summed E-state index contributed by atoms with van der Waals surface area (Å²) in [5, 5.41) is 0. The molecule has 0 N–H and O–H groups in total. The predicted octanol–water partition coefficient (Wildman–Crippen LogP) is 2.09. The molecule has 0 saturated carbocycles. The lowest BCUT2D eigenvalue weighted by molar-refractivity contribution is -0.144. The van der Waals surface area contributed by atoms with Gasteiger partial charge in [-0.05, 0) is 6.42 Å². The van der Waals surface area contributed by atoms with Crippen molar-refractivity contribution in [2.24, 2.45) is 11.8 Å². The van der Waals surface area contributed by atoms with Crippen LogP contribution in [0.1, 0.15) is 6.42 Å². The van der Waals surface area contributed by atoms with E-state index in [4.69, 9.17) is 0 Å². The summed E-state index contributed by atoms with van der Waals surface area (Å²) in [7, 11) is 1.40. The first-order valence-corrected chi connectivity index (χ1v) is 4.33. The van der Waals surface area contributed by atoms with Crippen molar-refractivity contribution >= 4 is 5.97 Å². The van der Waals surface area contributed by atoms with Crippen molar-refractivity contribution < 1.29 is 9.53 Å². The Kier molecular flexibility index (Phi) is 3.50. The molecule has 0 bridgehead atoms. The number of rotatable bonds is 3. The first-order chi connectivity index (χ1) is 6.29. The molecule has 2 heteroatoms. The van der Waals surface area contributed by atoms with E-state index in [2.05, 4.69) is 11.3 Å². The van der Waals surface area contributed by atoms with Gasteiger partial charge in [0, 0.05) is 5.92 Å². The summed E-state index contributed by atoms with van der Waals surface area (Å²) >= 11 is 0. The monoisotopic (exact) mass is 178 g/mol. The maximum atomic E-state index is 11.3. The Morgan fingerprint density at radius 1 is 1.62 bits per heavy atom. The fourth-order valence-corrected chi connectivity index (χ4v) is 1.40. The number of ether oxygens (including phenoxy) is 1. The first kappa shape index (κ1) is 9.78. The van der Waals surface area contributed by atoms with Crippen LogP contribution in [0.2, 0.25) is 0 Å². The number of carbonyl (C=O) groups excluding carboxylic acids is 1. The van der Waals surface area contributed by atoms with Crippen molar-refractivity contribution in [1.29, 1.82) is 0 Å². The number of carbonyl (C=O) groups is 1. The number of esters is 1. The molecule has 1 aliphatic carbocycles. The van der Waals surface area contributed by atoms with Gasteiger partial charge in [-0.2, -0.15) is 0 Å². The van der Waals surface area contributed by atoms with Crippen molar-refractivity contribution in [1.82, 2.24) is 0 Å². The van der Waals surface area contributed by atoms with Gasteiger partial charge in [0.25, 0.3) is 0 Å². The first-order valence-electron chi connectivity index (χ1n) is 4.33. The normalized spacial score (nSPS) is 18.2. The average molecular weight is 178 g/mol. The summed E-state index contributed by atoms with van der Waals surface area (Å²) in [6, 6.07) is 0. The Labute approximate surface area is 78.6 Å². The van der Waals surface area contributed by atoms with Crippen LogP contribution in [0.5, 0.6) is 0 Å². The second-order valence-corrected chi connectivity index (χ2v) is 2.95. The highest BCUT2D eigenvalue weighted by Crippen LogP contribution is 2.21. The molecule has 0 saturated heterocycles. The van der Waals surface area contributed by atoms with Crippen molar-refractivity contribution in [2.45, 2.75) is 6.42 Å². The third kappa shape index (κ3) is 2.31. The van der Waals surface area contributed by atoms with Crippen LogP contribution in [0.15, 0.2) is 37.0 Å². The molecule has 1 atom stereocenters. The summed E-state index contributed by atoms with van der Waals surface area (Å²) in [5.41, 5.74) is 0. The quantitative estimate of drug-likeness (QED) is 0.488. The van der Waals surface area contributed by atoms with Crippen LogP contribution in [0.3, 0.4) is 0 Å². The lowest BCUT2D eigenvalue weighted by Gasteiger charge is -2.17. The molecule has 0 aromatic rings. The molecule has 1 rings (SSSR count). The van der Waals surface area contributed by atoms with Gasteiger partial charge in [0.1, 0.15) is 0 Å². The SMILES string of the molecule is C=C[C@H](C(=O)OC)C1C=CCC=C1. The van der Waals surface area contributed by atoms with Gasteiger partial charge in [-0.1, -0.05) is 30.4 Å². The Morgan fingerprint density at radius 3 is 2.69 bits per heavy atom. The minimum absolute atomic E-state index is 0.110. The number of hydrogen-bond donors (Lipinski definition) is 0. The second kappa shape index (κ2) is 4.65. The Hall–Kier alpha value is -1.31. The molecular weight excluding hydrogens is 164 g/mol. The largest absolute Gasteiger partial charge is 0.469 e. The zero-order valence-electron chi connectivity index (χ0n) is 7.77. The topological polar surface area (TPSA) is 26.3 Å². The van der Waals surface area contributed by atoms with E-state index in [9.17, 15) is 4.79 Å². The molecule has 0 aliphatic heterocycles. The van der Waals surface area contributed by atoms with Gasteiger partial charge in [-0.15, -0.1) is 6.58 Å². The molecule has 0 spiro atoms. The van der Waals surface area contributed by atoms with Crippen LogP contribution >= 0.6 is 0 Å². The van der Waals surface area contributed by atoms with E-state index in [1.54, 1.807) is 6.08 Å². The van der Waals surface area contributed by atoms with Crippen molar-refractivity contribution in [3.63, 3.8) is 0 Å². The fraction of sp³-hybridized carbons (Fsp3) is 0.364. The van der Waals surface area contributed by atoms with Crippen LogP contribution in [0.25, 0.3) is 0 Å². The smallest absolute Gasteiger partial charge is 0.313 e. The molecule has 0 heterocycles. The Morgan fingerprint density at radius 2 is 2.23 bits per heavy atom. The van der Waals surface area contributed by atoms with E-state index in [-0.39, 0.29) is 17.8 Å². The molecule has 0 aromatic carbocycles. The average Bonchev–Trinajstić information content (AvgIpc) is 2.20. The lowest BCUT2D eigenvalue weighted by Crippen LogP contribution is -2.21. The maximum Gasteiger partial charge on any atom is 0.313 e. The van der Waals surface area contributed by atoms with Gasteiger partial charge < -0.3 is 4.74 Å². The highest BCUT2D eigenvalue weighted by Gasteiger charge is 2.22. The standard InChI is InChI=1S/C11H14O2/c1-3-10(11(12)13-2)9-7-5-4-6-8-9/h3,5-10H,1,4H2,2H3/t10-/m0/s1. The zero-order valence-corrected chi connectivity index (χ0v) is 7.77. The summed E-state index contributed by atoms with van der Waals surface area (Å²) in [5.74, 6) is -0.368. The third-order valence-electron chi connectivity index (χ3n) is 2.13. The van der Waals surface area contributed by atoms with E-state index in [0.29, 0.717) is 0 Å². The molecule has 1 aliphatic rings. The number of methoxy groups -OCH3 is 1. The summed E-state index contributed by atoms with van der Waals surface area (Å²) in [4.78, 5) is 11.3. The molecule has 0 aromatic heterocycles. The highest BCUT2D eigenvalue weighted by molar-refractivity contribution is 5.75. The molecule has 70 valence electrons. The summed E-state index contributed by atoms with van der Waals surface area (Å²) < 4.78 is 4.68. The molecule has 0 radical (unpaired) electrons. The van der Waals surface area contributed by atoms with Gasteiger partial charge in [0.15, 0.2) is 0 Å². The fourth-order valence-electron chi connectivity index (χ4n) is 1.40. The summed E-state index contributed by atoms with van der Waals surface area (Å²) in [6.45, 7) is 3.64. The van der Waals surface area contributed by atoms with Gasteiger partial charge in [-0.25, -0.2) is 0 Å². The molecule has 0 amide bonds. The Balaban J connectivity index is 2.70. The van der Waals surface area contributed by atoms with E-state index >= 15 is 0 Å². The minimum Gasteiger partial charge on any atom is -0.469 e. The molecular formula is C11H14O2. The molecule has 0 fully saturated rings. The van der Waals surface area contributed by atoms with Gasteiger partial charge in [0.2, 0.25) is 0 Å². The van der Waals surface area contributed by atoms with Crippen LogP contribution in [-0.4, -0.2) is 13.1 Å². The maximum absolute atomic E-state index is 11.3. The van der Waals surface area contributed by atoms with E-state index in [0.717, 1.165) is 6.42 Å². The van der Waals surface area contributed by atoms with Crippen LogP contribution in [0, 0.1) is 11.8 Å². The number of allylic oxidation sites excluding steroid dienone is 4.